The largest absolute Gasteiger partial charge is 0.480 e. The maximum absolute atomic E-state index is 11.8. The van der Waals surface area contributed by atoms with Crippen molar-refractivity contribution in [2.45, 2.75) is 6.04 Å². The van der Waals surface area contributed by atoms with Crippen LogP contribution >= 0.6 is 27.7 Å². The smallest absolute Gasteiger partial charge is 0.327 e. The summed E-state index contributed by atoms with van der Waals surface area (Å²) in [6, 6.07) is 2.69. The molecule has 1 fully saturated rings. The Morgan fingerprint density at radius 3 is 2.94 bits per heavy atom. The molecule has 0 radical (unpaired) electrons. The zero-order valence-corrected chi connectivity index (χ0v) is 11.6. The number of carboxylic acids is 1. The van der Waals surface area contributed by atoms with Crippen molar-refractivity contribution in [3.05, 3.63) is 28.6 Å². The van der Waals surface area contributed by atoms with Crippen molar-refractivity contribution >= 4 is 45.6 Å². The fourth-order valence-corrected chi connectivity index (χ4v) is 3.01. The molecule has 0 unspecified atom stereocenters. The van der Waals surface area contributed by atoms with Gasteiger partial charge in [-0.25, -0.2) is 4.79 Å². The van der Waals surface area contributed by atoms with Gasteiger partial charge in [0.2, 0.25) is 5.91 Å². The minimum Gasteiger partial charge on any atom is -0.480 e. The summed E-state index contributed by atoms with van der Waals surface area (Å²) in [5.41, 5.74) is 0. The molecule has 7 heteroatoms. The molecule has 0 aromatic carbocycles. The summed E-state index contributed by atoms with van der Waals surface area (Å²) in [5.74, 6) is 0.0831. The molecule has 1 aromatic heterocycles. The van der Waals surface area contributed by atoms with Gasteiger partial charge in [0.15, 0.2) is 4.67 Å². The van der Waals surface area contributed by atoms with E-state index >= 15 is 0 Å². The van der Waals surface area contributed by atoms with Gasteiger partial charge in [-0.2, -0.15) is 0 Å². The van der Waals surface area contributed by atoms with Gasteiger partial charge in [0.25, 0.3) is 0 Å². The minimum absolute atomic E-state index is 0.320. The third kappa shape index (κ3) is 2.97. The maximum Gasteiger partial charge on any atom is 0.327 e. The van der Waals surface area contributed by atoms with Crippen LogP contribution in [0.1, 0.15) is 5.76 Å². The second-order valence-electron chi connectivity index (χ2n) is 3.64. The lowest BCUT2D eigenvalue weighted by molar-refractivity contribution is -0.146. The first kappa shape index (κ1) is 13.2. The number of halogens is 1. The van der Waals surface area contributed by atoms with Gasteiger partial charge in [0.05, 0.1) is 5.88 Å². The van der Waals surface area contributed by atoms with Gasteiger partial charge in [0.1, 0.15) is 11.8 Å². The molecule has 1 N–H and O–H groups in total. The third-order valence-electron chi connectivity index (χ3n) is 2.43. The molecule has 1 aliphatic rings. The SMILES string of the molecule is O=C(O)[C@@H]1CSCN1C(=O)/C=C/c1ccc(Br)o1. The normalized spacial score (nSPS) is 19.6. The lowest BCUT2D eigenvalue weighted by atomic mass is 10.3. The van der Waals surface area contributed by atoms with Gasteiger partial charge in [0, 0.05) is 11.8 Å². The summed E-state index contributed by atoms with van der Waals surface area (Å²) in [5, 5.41) is 8.97. The molecule has 2 heterocycles. The summed E-state index contributed by atoms with van der Waals surface area (Å²) < 4.78 is 5.79. The van der Waals surface area contributed by atoms with Crippen LogP contribution in [0.2, 0.25) is 0 Å². The van der Waals surface area contributed by atoms with Crippen molar-refractivity contribution in [3.8, 4) is 0 Å². The summed E-state index contributed by atoms with van der Waals surface area (Å²) in [7, 11) is 0. The highest BCUT2D eigenvalue weighted by Gasteiger charge is 2.33. The number of rotatable bonds is 3. The molecule has 2 rings (SSSR count). The molecule has 1 saturated heterocycles. The van der Waals surface area contributed by atoms with E-state index in [0.717, 1.165) is 0 Å². The van der Waals surface area contributed by atoms with Gasteiger partial charge < -0.3 is 14.4 Å². The first-order chi connectivity index (χ1) is 8.58. The van der Waals surface area contributed by atoms with Crippen molar-refractivity contribution in [1.29, 1.82) is 0 Å². The number of thioether (sulfide) groups is 1. The fraction of sp³-hybridized carbons (Fsp3) is 0.273. The Morgan fingerprint density at radius 1 is 1.56 bits per heavy atom. The van der Waals surface area contributed by atoms with Crippen LogP contribution < -0.4 is 0 Å². The topological polar surface area (TPSA) is 70.8 Å². The van der Waals surface area contributed by atoms with E-state index in [1.54, 1.807) is 12.1 Å². The average molecular weight is 332 g/mol. The summed E-state index contributed by atoms with van der Waals surface area (Å²) in [6.07, 6.45) is 2.85. The van der Waals surface area contributed by atoms with Crippen LogP contribution in [0, 0.1) is 0 Å². The van der Waals surface area contributed by atoms with Gasteiger partial charge in [-0.3, -0.25) is 4.79 Å². The number of furan rings is 1. The maximum atomic E-state index is 11.8. The van der Waals surface area contributed by atoms with E-state index in [-0.39, 0.29) is 5.91 Å². The monoisotopic (exact) mass is 331 g/mol. The van der Waals surface area contributed by atoms with E-state index in [2.05, 4.69) is 15.9 Å². The number of amides is 1. The van der Waals surface area contributed by atoms with Gasteiger partial charge in [-0.05, 0) is 34.1 Å². The Labute approximate surface area is 116 Å². The average Bonchev–Trinajstić information content (AvgIpc) is 2.94. The molecule has 0 aliphatic carbocycles. The Balaban J connectivity index is 2.03. The van der Waals surface area contributed by atoms with Crippen LogP contribution in [0.3, 0.4) is 0 Å². The lowest BCUT2D eigenvalue weighted by Gasteiger charge is -2.18. The van der Waals surface area contributed by atoms with Crippen molar-refractivity contribution < 1.29 is 19.1 Å². The van der Waals surface area contributed by atoms with E-state index in [1.807, 2.05) is 0 Å². The zero-order chi connectivity index (χ0) is 13.1. The molecule has 1 aliphatic heterocycles. The van der Waals surface area contributed by atoms with Crippen LogP contribution in [0.15, 0.2) is 27.3 Å². The molecule has 0 saturated carbocycles. The van der Waals surface area contributed by atoms with Crippen LogP contribution in [-0.4, -0.2) is 39.6 Å². The standard InChI is InChI=1S/C11H10BrNO4S/c12-9-3-1-7(17-9)2-4-10(14)13-6-18-5-8(13)11(15)16/h1-4,8H,5-6H2,(H,15,16)/b4-2+/t8-/m0/s1. The second kappa shape index (κ2) is 5.62. The lowest BCUT2D eigenvalue weighted by Crippen LogP contribution is -2.40. The van der Waals surface area contributed by atoms with Crippen LogP contribution in [-0.2, 0) is 9.59 Å². The van der Waals surface area contributed by atoms with E-state index < -0.39 is 12.0 Å². The van der Waals surface area contributed by atoms with Crippen LogP contribution in [0.5, 0.6) is 0 Å². The summed E-state index contributed by atoms with van der Waals surface area (Å²) in [6.45, 7) is 0. The predicted molar refractivity (Wildman–Crippen MR) is 71.0 cm³/mol. The molecule has 1 atom stereocenters. The second-order valence-corrected chi connectivity index (χ2v) is 5.42. The number of carbonyl (C=O) groups excluding carboxylic acids is 1. The molecular weight excluding hydrogens is 322 g/mol. The highest BCUT2D eigenvalue weighted by atomic mass is 79.9. The Kier molecular flexibility index (Phi) is 4.13. The molecule has 96 valence electrons. The fourth-order valence-electron chi connectivity index (χ4n) is 1.53. The first-order valence-electron chi connectivity index (χ1n) is 5.12. The van der Waals surface area contributed by atoms with Crippen LogP contribution in [0.4, 0.5) is 0 Å². The highest BCUT2D eigenvalue weighted by Crippen LogP contribution is 2.22. The first-order valence-corrected chi connectivity index (χ1v) is 7.07. The highest BCUT2D eigenvalue weighted by molar-refractivity contribution is 9.10. The number of carboxylic acid groups (broad SMARTS) is 1. The number of carbonyl (C=O) groups is 2. The Bertz CT molecular complexity index is 499. The molecule has 0 spiro atoms. The third-order valence-corrected chi connectivity index (χ3v) is 3.87. The molecule has 1 aromatic rings. The predicted octanol–water partition coefficient (Wildman–Crippen LogP) is 2.04. The van der Waals surface area contributed by atoms with Gasteiger partial charge in [-0.15, -0.1) is 11.8 Å². The van der Waals surface area contributed by atoms with Crippen molar-refractivity contribution in [2.75, 3.05) is 11.6 Å². The molecule has 5 nitrogen and oxygen atoms in total. The van der Waals surface area contributed by atoms with Crippen molar-refractivity contribution in [3.63, 3.8) is 0 Å². The molecular formula is C11H10BrNO4S. The Hall–Kier alpha value is -1.21. The molecule has 0 bridgehead atoms. The quantitative estimate of drug-likeness (QED) is 0.858. The van der Waals surface area contributed by atoms with E-state index in [9.17, 15) is 9.59 Å². The number of hydrogen-bond acceptors (Lipinski definition) is 4. The van der Waals surface area contributed by atoms with Crippen molar-refractivity contribution in [1.82, 2.24) is 4.90 Å². The minimum atomic E-state index is -0.970. The summed E-state index contributed by atoms with van der Waals surface area (Å²) in [4.78, 5) is 24.1. The van der Waals surface area contributed by atoms with Crippen LogP contribution in [0.25, 0.3) is 6.08 Å². The van der Waals surface area contributed by atoms with Crippen molar-refractivity contribution in [2.24, 2.45) is 0 Å². The van der Waals surface area contributed by atoms with E-state index in [1.165, 1.54) is 28.8 Å². The van der Waals surface area contributed by atoms with Gasteiger partial charge in [-0.1, -0.05) is 0 Å². The van der Waals surface area contributed by atoms with E-state index in [4.69, 9.17) is 9.52 Å². The number of aliphatic carboxylic acids is 1. The number of nitrogens with zero attached hydrogens (tertiary/aromatic N) is 1. The Morgan fingerprint density at radius 2 is 2.33 bits per heavy atom. The van der Waals surface area contributed by atoms with E-state index in [0.29, 0.717) is 22.1 Å². The zero-order valence-electron chi connectivity index (χ0n) is 9.21. The van der Waals surface area contributed by atoms with Gasteiger partial charge >= 0.3 is 5.97 Å². The molecule has 1 amide bonds. The molecule has 18 heavy (non-hydrogen) atoms. The summed E-state index contributed by atoms with van der Waals surface area (Å²) >= 11 is 4.59. The number of hydrogen-bond donors (Lipinski definition) is 1.